The topological polar surface area (TPSA) is 71.5 Å². The van der Waals surface area contributed by atoms with Gasteiger partial charge in [-0.15, -0.1) is 0 Å². The average molecular weight is 293 g/mol. The van der Waals surface area contributed by atoms with E-state index in [1.807, 2.05) is 0 Å². The molecule has 0 radical (unpaired) electrons. The molecule has 1 aromatic rings. The third-order valence-corrected chi connectivity index (χ3v) is 2.70. The summed E-state index contributed by atoms with van der Waals surface area (Å²) in [5, 5.41) is 12.5. The van der Waals surface area contributed by atoms with Crippen LogP contribution in [0.4, 0.5) is 0 Å². The lowest BCUT2D eigenvalue weighted by molar-refractivity contribution is 0.0587. The molecule has 1 heterocycles. The van der Waals surface area contributed by atoms with Crippen LogP contribution in [-0.4, -0.2) is 42.4 Å². The predicted molar refractivity (Wildman–Crippen MR) is 69.1 cm³/mol. The summed E-state index contributed by atoms with van der Waals surface area (Å²) >= 11 is 11.5. The van der Waals surface area contributed by atoms with Crippen molar-refractivity contribution >= 4 is 29.1 Å². The molecule has 1 unspecified atom stereocenters. The molecule has 1 atom stereocenters. The first-order valence-corrected chi connectivity index (χ1v) is 6.06. The highest BCUT2D eigenvalue weighted by atomic mass is 35.5. The van der Waals surface area contributed by atoms with Gasteiger partial charge in [0.1, 0.15) is 5.15 Å². The van der Waals surface area contributed by atoms with E-state index in [0.29, 0.717) is 13.0 Å². The number of carbonyl (C=O) groups is 1. The molecule has 0 spiro atoms. The number of carbonyl (C=O) groups excluding carboxylic acids is 1. The molecule has 0 saturated carbocycles. The van der Waals surface area contributed by atoms with E-state index in [2.05, 4.69) is 10.3 Å². The molecule has 0 bridgehead atoms. The summed E-state index contributed by atoms with van der Waals surface area (Å²) in [5.74, 6) is -0.353. The Kier molecular flexibility index (Phi) is 6.35. The quantitative estimate of drug-likeness (QED) is 0.780. The van der Waals surface area contributed by atoms with Crippen molar-refractivity contribution < 1.29 is 14.6 Å². The Balaban J connectivity index is 2.48. The van der Waals surface area contributed by atoms with Gasteiger partial charge in [0.25, 0.3) is 5.91 Å². The molecule has 0 aliphatic rings. The van der Waals surface area contributed by atoms with Crippen molar-refractivity contribution in [3.8, 4) is 0 Å². The molecule has 5 nitrogen and oxygen atoms in total. The minimum atomic E-state index is -0.605. The molecule has 0 aliphatic heterocycles. The van der Waals surface area contributed by atoms with E-state index in [4.69, 9.17) is 27.9 Å². The second-order valence-electron chi connectivity index (χ2n) is 3.64. The molecule has 1 aromatic heterocycles. The summed E-state index contributed by atoms with van der Waals surface area (Å²) in [5.41, 5.74) is 0.262. The monoisotopic (exact) mass is 292 g/mol. The number of pyridine rings is 1. The van der Waals surface area contributed by atoms with Gasteiger partial charge in [-0.25, -0.2) is 4.98 Å². The summed E-state index contributed by atoms with van der Waals surface area (Å²) in [7, 11) is 1.50. The maximum Gasteiger partial charge on any atom is 0.252 e. The Morgan fingerprint density at radius 2 is 2.33 bits per heavy atom. The Hall–Kier alpha value is -0.880. The van der Waals surface area contributed by atoms with E-state index in [0.717, 1.165) is 0 Å². The fourth-order valence-corrected chi connectivity index (χ4v) is 1.66. The van der Waals surface area contributed by atoms with Crippen LogP contribution in [0.15, 0.2) is 12.3 Å². The summed E-state index contributed by atoms with van der Waals surface area (Å²) < 4.78 is 4.77. The van der Waals surface area contributed by atoms with E-state index >= 15 is 0 Å². The lowest BCUT2D eigenvalue weighted by Crippen LogP contribution is -2.28. The van der Waals surface area contributed by atoms with Crippen molar-refractivity contribution in [1.29, 1.82) is 0 Å². The first-order chi connectivity index (χ1) is 8.54. The summed E-state index contributed by atoms with van der Waals surface area (Å²) in [4.78, 5) is 15.5. The number of aromatic nitrogens is 1. The predicted octanol–water partition coefficient (Wildman–Crippen LogP) is 1.52. The largest absolute Gasteiger partial charge is 0.391 e. The van der Waals surface area contributed by atoms with Crippen LogP contribution in [0.3, 0.4) is 0 Å². The number of hydrogen-bond donors (Lipinski definition) is 2. The molecule has 0 aliphatic carbocycles. The first kappa shape index (κ1) is 15.2. The van der Waals surface area contributed by atoms with Gasteiger partial charge in [-0.05, 0) is 12.5 Å². The molecule has 100 valence electrons. The van der Waals surface area contributed by atoms with Crippen molar-refractivity contribution in [2.75, 3.05) is 20.3 Å². The van der Waals surface area contributed by atoms with Gasteiger partial charge in [0.2, 0.25) is 0 Å². The minimum Gasteiger partial charge on any atom is -0.391 e. The van der Waals surface area contributed by atoms with Gasteiger partial charge in [-0.2, -0.15) is 0 Å². The maximum absolute atomic E-state index is 11.8. The standard InChI is InChI=1S/C11H14Cl2N2O3/c1-18-6-7(16)2-3-14-11(17)8-4-10(13)15-5-9(8)12/h4-5,7,16H,2-3,6H2,1H3,(H,14,17). The zero-order valence-corrected chi connectivity index (χ0v) is 11.3. The Morgan fingerprint density at radius 3 is 3.00 bits per heavy atom. The van der Waals surface area contributed by atoms with Crippen LogP contribution < -0.4 is 5.32 Å². The molecule has 1 amide bonds. The lowest BCUT2D eigenvalue weighted by atomic mass is 10.2. The van der Waals surface area contributed by atoms with Crippen LogP contribution in [0.25, 0.3) is 0 Å². The summed E-state index contributed by atoms with van der Waals surface area (Å²) in [6.45, 7) is 0.553. The molecule has 7 heteroatoms. The van der Waals surface area contributed by atoms with Gasteiger partial charge in [-0.1, -0.05) is 23.2 Å². The Bertz CT molecular complexity index is 415. The van der Waals surface area contributed by atoms with E-state index in [9.17, 15) is 9.90 Å². The van der Waals surface area contributed by atoms with Crippen LogP contribution in [0.5, 0.6) is 0 Å². The zero-order chi connectivity index (χ0) is 13.5. The van der Waals surface area contributed by atoms with E-state index < -0.39 is 6.10 Å². The summed E-state index contributed by atoms with van der Waals surface area (Å²) in [6, 6.07) is 1.39. The second-order valence-corrected chi connectivity index (χ2v) is 4.44. The smallest absolute Gasteiger partial charge is 0.252 e. The van der Waals surface area contributed by atoms with Gasteiger partial charge in [-0.3, -0.25) is 4.79 Å². The van der Waals surface area contributed by atoms with E-state index in [1.54, 1.807) is 0 Å². The number of ether oxygens (including phenoxy) is 1. The lowest BCUT2D eigenvalue weighted by Gasteiger charge is -2.10. The third-order valence-electron chi connectivity index (χ3n) is 2.19. The molecule has 0 aromatic carbocycles. The second kappa shape index (κ2) is 7.53. The van der Waals surface area contributed by atoms with Gasteiger partial charge >= 0.3 is 0 Å². The van der Waals surface area contributed by atoms with Gasteiger partial charge < -0.3 is 15.2 Å². The van der Waals surface area contributed by atoms with Crippen LogP contribution in [0.1, 0.15) is 16.8 Å². The highest BCUT2D eigenvalue weighted by Crippen LogP contribution is 2.17. The van der Waals surface area contributed by atoms with Crippen molar-refractivity contribution in [2.45, 2.75) is 12.5 Å². The van der Waals surface area contributed by atoms with Crippen molar-refractivity contribution in [1.82, 2.24) is 10.3 Å². The first-order valence-electron chi connectivity index (χ1n) is 5.31. The van der Waals surface area contributed by atoms with Gasteiger partial charge in [0.05, 0.1) is 23.3 Å². The summed E-state index contributed by atoms with van der Waals surface area (Å²) in [6.07, 6.45) is 1.11. The van der Waals surface area contributed by atoms with Crippen molar-refractivity contribution in [3.63, 3.8) is 0 Å². The molecular formula is C11H14Cl2N2O3. The number of methoxy groups -OCH3 is 1. The normalized spacial score (nSPS) is 12.2. The van der Waals surface area contributed by atoms with Crippen LogP contribution in [-0.2, 0) is 4.74 Å². The van der Waals surface area contributed by atoms with Crippen LogP contribution in [0.2, 0.25) is 10.2 Å². The molecular weight excluding hydrogens is 279 g/mol. The number of halogens is 2. The molecule has 0 saturated heterocycles. The molecule has 1 rings (SSSR count). The SMILES string of the molecule is COCC(O)CCNC(=O)c1cc(Cl)ncc1Cl. The highest BCUT2D eigenvalue weighted by molar-refractivity contribution is 6.35. The Morgan fingerprint density at radius 1 is 1.61 bits per heavy atom. The fourth-order valence-electron chi connectivity index (χ4n) is 1.31. The van der Waals surface area contributed by atoms with Crippen LogP contribution >= 0.6 is 23.2 Å². The number of rotatable bonds is 6. The number of aliphatic hydroxyl groups excluding tert-OH is 1. The maximum atomic E-state index is 11.8. The molecule has 0 fully saturated rings. The van der Waals surface area contributed by atoms with Gasteiger partial charge in [0.15, 0.2) is 0 Å². The Labute approximate surface area is 115 Å². The van der Waals surface area contributed by atoms with Crippen molar-refractivity contribution in [2.24, 2.45) is 0 Å². The van der Waals surface area contributed by atoms with Crippen molar-refractivity contribution in [3.05, 3.63) is 28.0 Å². The van der Waals surface area contributed by atoms with Crippen LogP contribution in [0, 0.1) is 0 Å². The van der Waals surface area contributed by atoms with Gasteiger partial charge in [0, 0.05) is 19.9 Å². The number of hydrogen-bond acceptors (Lipinski definition) is 4. The number of nitrogens with one attached hydrogen (secondary N) is 1. The molecule has 18 heavy (non-hydrogen) atoms. The zero-order valence-electron chi connectivity index (χ0n) is 9.82. The number of amides is 1. The average Bonchev–Trinajstić information content (AvgIpc) is 2.32. The fraction of sp³-hybridized carbons (Fsp3) is 0.455. The number of aliphatic hydroxyl groups is 1. The van der Waals surface area contributed by atoms with E-state index in [1.165, 1.54) is 19.4 Å². The minimum absolute atomic E-state index is 0.198. The third kappa shape index (κ3) is 4.78. The number of nitrogens with zero attached hydrogens (tertiary/aromatic N) is 1. The highest BCUT2D eigenvalue weighted by Gasteiger charge is 2.12. The van der Waals surface area contributed by atoms with E-state index in [-0.39, 0.29) is 28.3 Å². The molecule has 2 N–H and O–H groups in total.